The fourth-order valence-corrected chi connectivity index (χ4v) is 2.62. The molecule has 0 amide bonds. The molecular weight excluding hydrogens is 248 g/mol. The number of methoxy groups -OCH3 is 2. The molecule has 2 aromatic carbocycles. The summed E-state index contributed by atoms with van der Waals surface area (Å²) in [6.07, 6.45) is 0.900. The normalized spacial score (nSPS) is 11.2. The minimum absolute atomic E-state index is 0.0266. The quantitative estimate of drug-likeness (QED) is 0.809. The third-order valence-corrected chi connectivity index (χ3v) is 3.66. The van der Waals surface area contributed by atoms with Crippen molar-refractivity contribution in [3.63, 3.8) is 0 Å². The fraction of sp³-hybridized carbons (Fsp3) is 0.333. The largest absolute Gasteiger partial charge is 0.496 e. The highest BCUT2D eigenvalue weighted by Gasteiger charge is 2.25. The van der Waals surface area contributed by atoms with E-state index in [-0.39, 0.29) is 5.41 Å². The van der Waals surface area contributed by atoms with Gasteiger partial charge in [-0.25, -0.2) is 0 Å². The highest BCUT2D eigenvalue weighted by molar-refractivity contribution is 5.42. The number of benzene rings is 2. The Bertz CT molecular complexity index is 573. The van der Waals surface area contributed by atoms with Gasteiger partial charge in [0.05, 0.1) is 14.2 Å². The van der Waals surface area contributed by atoms with Gasteiger partial charge in [-0.2, -0.15) is 0 Å². The average molecular weight is 270 g/mol. The molecular formula is C18H22O2. The molecule has 106 valence electrons. The molecule has 0 aromatic heterocycles. The van der Waals surface area contributed by atoms with E-state index in [1.54, 1.807) is 14.2 Å². The van der Waals surface area contributed by atoms with E-state index in [4.69, 9.17) is 9.47 Å². The third-order valence-electron chi connectivity index (χ3n) is 3.66. The summed E-state index contributed by atoms with van der Waals surface area (Å²) in [5, 5.41) is 0. The van der Waals surface area contributed by atoms with Crippen molar-refractivity contribution >= 4 is 0 Å². The maximum absolute atomic E-state index is 5.49. The number of para-hydroxylation sites is 2. The van der Waals surface area contributed by atoms with Crippen LogP contribution in [0.2, 0.25) is 0 Å². The Kier molecular flexibility index (Phi) is 4.33. The predicted molar refractivity (Wildman–Crippen MR) is 82.7 cm³/mol. The first-order valence-electron chi connectivity index (χ1n) is 6.84. The smallest absolute Gasteiger partial charge is 0.122 e. The van der Waals surface area contributed by atoms with Crippen LogP contribution in [0, 0.1) is 0 Å². The lowest BCUT2D eigenvalue weighted by Gasteiger charge is -2.28. The van der Waals surface area contributed by atoms with Crippen LogP contribution in [0.5, 0.6) is 11.5 Å². The first-order valence-corrected chi connectivity index (χ1v) is 6.84. The maximum atomic E-state index is 5.49. The number of ether oxygens (including phenoxy) is 2. The fourth-order valence-electron chi connectivity index (χ4n) is 2.62. The van der Waals surface area contributed by atoms with E-state index in [0.717, 1.165) is 17.9 Å². The van der Waals surface area contributed by atoms with Gasteiger partial charge in [0.1, 0.15) is 11.5 Å². The Morgan fingerprint density at radius 2 is 1.35 bits per heavy atom. The number of hydrogen-bond acceptors (Lipinski definition) is 2. The lowest BCUT2D eigenvalue weighted by molar-refractivity contribution is 0.384. The van der Waals surface area contributed by atoms with Crippen molar-refractivity contribution in [2.75, 3.05) is 14.2 Å². The van der Waals surface area contributed by atoms with Gasteiger partial charge in [-0.1, -0.05) is 50.2 Å². The van der Waals surface area contributed by atoms with Gasteiger partial charge < -0.3 is 9.47 Å². The summed E-state index contributed by atoms with van der Waals surface area (Å²) in [5.74, 6) is 1.88. The monoisotopic (exact) mass is 270 g/mol. The molecule has 2 aromatic rings. The summed E-state index contributed by atoms with van der Waals surface area (Å²) in [6, 6.07) is 16.4. The molecule has 0 N–H and O–H groups in total. The molecule has 2 heteroatoms. The zero-order valence-electron chi connectivity index (χ0n) is 12.6. The van der Waals surface area contributed by atoms with E-state index in [2.05, 4.69) is 38.1 Å². The van der Waals surface area contributed by atoms with Crippen LogP contribution in [-0.2, 0) is 11.8 Å². The summed E-state index contributed by atoms with van der Waals surface area (Å²) in [5.41, 5.74) is 2.40. The number of rotatable bonds is 5. The second-order valence-corrected chi connectivity index (χ2v) is 5.57. The summed E-state index contributed by atoms with van der Waals surface area (Å²) in [6.45, 7) is 4.47. The summed E-state index contributed by atoms with van der Waals surface area (Å²) in [4.78, 5) is 0. The molecule has 0 spiro atoms. The van der Waals surface area contributed by atoms with Crippen molar-refractivity contribution in [3.05, 3.63) is 59.7 Å². The Labute approximate surface area is 121 Å². The Morgan fingerprint density at radius 3 is 2.00 bits per heavy atom. The molecule has 0 heterocycles. The van der Waals surface area contributed by atoms with Gasteiger partial charge in [-0.15, -0.1) is 0 Å². The Hall–Kier alpha value is -1.96. The highest BCUT2D eigenvalue weighted by atomic mass is 16.5. The minimum atomic E-state index is -0.0266. The van der Waals surface area contributed by atoms with Gasteiger partial charge >= 0.3 is 0 Å². The number of hydrogen-bond donors (Lipinski definition) is 0. The van der Waals surface area contributed by atoms with Crippen LogP contribution in [0.25, 0.3) is 0 Å². The van der Waals surface area contributed by atoms with E-state index in [0.29, 0.717) is 0 Å². The first-order chi connectivity index (χ1) is 9.58. The topological polar surface area (TPSA) is 18.5 Å². The first kappa shape index (κ1) is 14.4. The lowest BCUT2D eigenvalue weighted by atomic mass is 9.78. The standard InChI is InChI=1S/C18H22O2/c1-18(2,15-10-6-8-12-17(15)20-4)13-14-9-5-7-11-16(14)19-3/h5-12H,13H2,1-4H3. The molecule has 0 aliphatic heterocycles. The third kappa shape index (κ3) is 2.96. The molecule has 0 aliphatic rings. The van der Waals surface area contributed by atoms with Crippen molar-refractivity contribution in [2.24, 2.45) is 0 Å². The average Bonchev–Trinajstić information content (AvgIpc) is 2.47. The van der Waals surface area contributed by atoms with Crippen LogP contribution in [0.15, 0.2) is 48.5 Å². The van der Waals surface area contributed by atoms with Crippen molar-refractivity contribution in [3.8, 4) is 11.5 Å². The van der Waals surface area contributed by atoms with Crippen LogP contribution in [-0.4, -0.2) is 14.2 Å². The second kappa shape index (κ2) is 6.00. The molecule has 0 unspecified atom stereocenters. The predicted octanol–water partition coefficient (Wildman–Crippen LogP) is 4.22. The van der Waals surface area contributed by atoms with Gasteiger partial charge in [0.25, 0.3) is 0 Å². The van der Waals surface area contributed by atoms with Crippen LogP contribution in [0.1, 0.15) is 25.0 Å². The molecule has 0 radical (unpaired) electrons. The van der Waals surface area contributed by atoms with Crippen LogP contribution in [0.3, 0.4) is 0 Å². The van der Waals surface area contributed by atoms with E-state index < -0.39 is 0 Å². The second-order valence-electron chi connectivity index (χ2n) is 5.57. The lowest BCUT2D eigenvalue weighted by Crippen LogP contribution is -2.21. The molecule has 0 bridgehead atoms. The highest BCUT2D eigenvalue weighted by Crippen LogP contribution is 2.36. The summed E-state index contributed by atoms with van der Waals surface area (Å²) < 4.78 is 10.9. The summed E-state index contributed by atoms with van der Waals surface area (Å²) in [7, 11) is 3.44. The molecule has 20 heavy (non-hydrogen) atoms. The van der Waals surface area contributed by atoms with Gasteiger partial charge in [-0.3, -0.25) is 0 Å². The van der Waals surface area contributed by atoms with Crippen LogP contribution in [0.4, 0.5) is 0 Å². The van der Waals surface area contributed by atoms with Crippen LogP contribution < -0.4 is 9.47 Å². The zero-order chi connectivity index (χ0) is 14.6. The molecule has 0 atom stereocenters. The molecule has 0 saturated heterocycles. The maximum Gasteiger partial charge on any atom is 0.122 e. The van der Waals surface area contributed by atoms with Crippen molar-refractivity contribution < 1.29 is 9.47 Å². The zero-order valence-corrected chi connectivity index (χ0v) is 12.6. The van der Waals surface area contributed by atoms with Crippen molar-refractivity contribution in [1.29, 1.82) is 0 Å². The van der Waals surface area contributed by atoms with E-state index in [1.165, 1.54) is 11.1 Å². The molecule has 2 rings (SSSR count). The molecule has 2 nitrogen and oxygen atoms in total. The van der Waals surface area contributed by atoms with E-state index in [1.807, 2.05) is 24.3 Å². The molecule has 0 saturated carbocycles. The Morgan fingerprint density at radius 1 is 0.800 bits per heavy atom. The van der Waals surface area contributed by atoms with Crippen molar-refractivity contribution in [2.45, 2.75) is 25.7 Å². The molecule has 0 aliphatic carbocycles. The van der Waals surface area contributed by atoms with Crippen LogP contribution >= 0.6 is 0 Å². The van der Waals surface area contributed by atoms with Gasteiger partial charge in [0.15, 0.2) is 0 Å². The van der Waals surface area contributed by atoms with Gasteiger partial charge in [0.2, 0.25) is 0 Å². The van der Waals surface area contributed by atoms with Crippen molar-refractivity contribution in [1.82, 2.24) is 0 Å². The SMILES string of the molecule is COc1ccccc1CC(C)(C)c1ccccc1OC. The van der Waals surface area contributed by atoms with Gasteiger partial charge in [0, 0.05) is 5.56 Å². The summed E-state index contributed by atoms with van der Waals surface area (Å²) >= 11 is 0. The van der Waals surface area contributed by atoms with E-state index in [9.17, 15) is 0 Å². The molecule has 0 fully saturated rings. The van der Waals surface area contributed by atoms with E-state index >= 15 is 0 Å². The Balaban J connectivity index is 2.35. The van der Waals surface area contributed by atoms with Gasteiger partial charge in [-0.05, 0) is 29.5 Å². The minimum Gasteiger partial charge on any atom is -0.496 e.